The Hall–Kier alpha value is -2.69. The number of anilines is 1. The van der Waals surface area contributed by atoms with Gasteiger partial charge in [0.05, 0.1) is 6.42 Å². The predicted octanol–water partition coefficient (Wildman–Crippen LogP) is 2.82. The third-order valence-corrected chi connectivity index (χ3v) is 3.23. The maximum absolute atomic E-state index is 12.7. The van der Waals surface area contributed by atoms with Crippen molar-refractivity contribution in [3.8, 4) is 0 Å². The van der Waals surface area contributed by atoms with Gasteiger partial charge >= 0.3 is 5.97 Å². The predicted molar refractivity (Wildman–Crippen MR) is 84.1 cm³/mol. The van der Waals surface area contributed by atoms with E-state index in [1.807, 2.05) is 26.0 Å². The zero-order valence-corrected chi connectivity index (χ0v) is 12.6. The van der Waals surface area contributed by atoms with Gasteiger partial charge in [-0.3, -0.25) is 14.5 Å². The highest BCUT2D eigenvalue weighted by Gasteiger charge is 2.19. The number of hydrogen-bond acceptors (Lipinski definition) is 3. The molecule has 0 radical (unpaired) electrons. The van der Waals surface area contributed by atoms with Crippen LogP contribution in [0.15, 0.2) is 42.6 Å². The second-order valence-corrected chi connectivity index (χ2v) is 5.16. The summed E-state index contributed by atoms with van der Waals surface area (Å²) in [7, 11) is 0. The van der Waals surface area contributed by atoms with Crippen LogP contribution in [0.3, 0.4) is 0 Å². The lowest BCUT2D eigenvalue weighted by Gasteiger charge is -2.21. The van der Waals surface area contributed by atoms with Crippen LogP contribution < -0.4 is 4.90 Å². The number of carboxylic acid groups (broad SMARTS) is 1. The Bertz CT molecular complexity index is 681. The summed E-state index contributed by atoms with van der Waals surface area (Å²) in [4.78, 5) is 29.2. The van der Waals surface area contributed by atoms with E-state index >= 15 is 0 Å². The van der Waals surface area contributed by atoms with Crippen LogP contribution in [0.1, 0.15) is 27.9 Å². The van der Waals surface area contributed by atoms with Gasteiger partial charge in [-0.05, 0) is 37.6 Å². The first-order valence-corrected chi connectivity index (χ1v) is 7.00. The zero-order valence-electron chi connectivity index (χ0n) is 12.6. The topological polar surface area (TPSA) is 70.5 Å². The molecule has 114 valence electrons. The molecule has 1 N–H and O–H groups in total. The first-order chi connectivity index (χ1) is 10.5. The monoisotopic (exact) mass is 298 g/mol. The Kier molecular flexibility index (Phi) is 4.88. The summed E-state index contributed by atoms with van der Waals surface area (Å²) in [6.45, 7) is 3.89. The van der Waals surface area contributed by atoms with Crippen molar-refractivity contribution in [2.75, 3.05) is 11.4 Å². The zero-order chi connectivity index (χ0) is 16.1. The molecule has 2 aromatic rings. The molecule has 0 saturated carbocycles. The lowest BCUT2D eigenvalue weighted by molar-refractivity contribution is -0.136. The number of amides is 1. The van der Waals surface area contributed by atoms with E-state index in [2.05, 4.69) is 4.98 Å². The number of rotatable bonds is 5. The second-order valence-electron chi connectivity index (χ2n) is 5.16. The lowest BCUT2D eigenvalue weighted by atomic mass is 10.1. The van der Waals surface area contributed by atoms with Crippen molar-refractivity contribution in [3.63, 3.8) is 0 Å². The van der Waals surface area contributed by atoms with Crippen LogP contribution in [-0.4, -0.2) is 28.5 Å². The Morgan fingerprint density at radius 3 is 2.50 bits per heavy atom. The van der Waals surface area contributed by atoms with Gasteiger partial charge in [0.1, 0.15) is 5.82 Å². The highest BCUT2D eigenvalue weighted by molar-refractivity contribution is 6.05. The average molecular weight is 298 g/mol. The van der Waals surface area contributed by atoms with Gasteiger partial charge in [0.15, 0.2) is 0 Å². The van der Waals surface area contributed by atoms with Gasteiger partial charge in [-0.25, -0.2) is 4.98 Å². The summed E-state index contributed by atoms with van der Waals surface area (Å²) >= 11 is 0. The van der Waals surface area contributed by atoms with Crippen molar-refractivity contribution in [1.82, 2.24) is 4.98 Å². The summed E-state index contributed by atoms with van der Waals surface area (Å²) in [6.07, 6.45) is 1.53. The van der Waals surface area contributed by atoms with E-state index in [1.54, 1.807) is 30.5 Å². The molecule has 2 rings (SSSR count). The van der Waals surface area contributed by atoms with Gasteiger partial charge in [-0.15, -0.1) is 0 Å². The molecular formula is C17H18N2O3. The second kappa shape index (κ2) is 6.85. The van der Waals surface area contributed by atoms with E-state index < -0.39 is 5.97 Å². The molecule has 0 aliphatic heterocycles. The fourth-order valence-corrected chi connectivity index (χ4v) is 2.08. The van der Waals surface area contributed by atoms with Crippen molar-refractivity contribution in [1.29, 1.82) is 0 Å². The number of nitrogens with zero attached hydrogens (tertiary/aromatic N) is 2. The molecule has 0 bridgehead atoms. The van der Waals surface area contributed by atoms with Gasteiger partial charge in [0.25, 0.3) is 5.91 Å². The van der Waals surface area contributed by atoms with Gasteiger partial charge in [0.2, 0.25) is 0 Å². The van der Waals surface area contributed by atoms with Crippen LogP contribution >= 0.6 is 0 Å². The number of aromatic nitrogens is 1. The number of aryl methyl sites for hydroxylation is 2. The van der Waals surface area contributed by atoms with Gasteiger partial charge in [-0.1, -0.05) is 23.8 Å². The minimum Gasteiger partial charge on any atom is -0.481 e. The molecule has 1 heterocycles. The highest BCUT2D eigenvalue weighted by Crippen LogP contribution is 2.16. The van der Waals surface area contributed by atoms with Crippen LogP contribution in [0.4, 0.5) is 5.82 Å². The Balaban J connectivity index is 2.32. The average Bonchev–Trinajstić information content (AvgIpc) is 2.48. The van der Waals surface area contributed by atoms with Crippen molar-refractivity contribution in [2.45, 2.75) is 20.3 Å². The number of carbonyl (C=O) groups excluding carboxylic acids is 1. The van der Waals surface area contributed by atoms with Gasteiger partial charge in [-0.2, -0.15) is 0 Å². The number of benzene rings is 1. The van der Waals surface area contributed by atoms with Crippen molar-refractivity contribution >= 4 is 17.7 Å². The van der Waals surface area contributed by atoms with Crippen LogP contribution in [0.5, 0.6) is 0 Å². The molecule has 0 aliphatic rings. The van der Waals surface area contributed by atoms with Crippen molar-refractivity contribution in [3.05, 3.63) is 59.3 Å². The molecule has 1 amide bonds. The van der Waals surface area contributed by atoms with Crippen molar-refractivity contribution in [2.24, 2.45) is 0 Å². The van der Waals surface area contributed by atoms with E-state index in [0.29, 0.717) is 11.4 Å². The van der Waals surface area contributed by atoms with Gasteiger partial charge < -0.3 is 5.11 Å². The molecule has 0 atom stereocenters. The number of aliphatic carboxylic acids is 1. The van der Waals surface area contributed by atoms with E-state index in [9.17, 15) is 9.59 Å². The van der Waals surface area contributed by atoms with E-state index in [0.717, 1.165) is 11.1 Å². The first-order valence-electron chi connectivity index (χ1n) is 7.00. The van der Waals surface area contributed by atoms with Crippen molar-refractivity contribution < 1.29 is 14.7 Å². The smallest absolute Gasteiger partial charge is 0.305 e. The maximum Gasteiger partial charge on any atom is 0.305 e. The molecule has 5 heteroatoms. The largest absolute Gasteiger partial charge is 0.481 e. The maximum atomic E-state index is 12.7. The standard InChI is InChI=1S/C17H18N2O3/c1-12-4-3-5-14(10-12)17(22)19(9-8-16(20)21)15-7-6-13(2)11-18-15/h3-7,10-11H,8-9H2,1-2H3,(H,20,21). The number of carboxylic acids is 1. The first kappa shape index (κ1) is 15.7. The van der Waals surface area contributed by atoms with Crippen LogP contribution in [0.25, 0.3) is 0 Å². The Labute approximate surface area is 129 Å². The number of carbonyl (C=O) groups is 2. The minimum absolute atomic E-state index is 0.0815. The van der Waals surface area contributed by atoms with Gasteiger partial charge in [0, 0.05) is 18.3 Å². The minimum atomic E-state index is -0.950. The quantitative estimate of drug-likeness (QED) is 0.921. The number of pyridine rings is 1. The molecule has 1 aromatic heterocycles. The molecule has 5 nitrogen and oxygen atoms in total. The highest BCUT2D eigenvalue weighted by atomic mass is 16.4. The fraction of sp³-hybridized carbons (Fsp3) is 0.235. The molecular weight excluding hydrogens is 280 g/mol. The third-order valence-electron chi connectivity index (χ3n) is 3.23. The molecule has 0 aliphatic carbocycles. The summed E-state index contributed by atoms with van der Waals surface area (Å²) < 4.78 is 0. The summed E-state index contributed by atoms with van der Waals surface area (Å²) in [6, 6.07) is 10.8. The summed E-state index contributed by atoms with van der Waals surface area (Å²) in [5, 5.41) is 8.89. The van der Waals surface area contributed by atoms with Crippen LogP contribution in [-0.2, 0) is 4.79 Å². The molecule has 1 aromatic carbocycles. The van der Waals surface area contributed by atoms with Crippen LogP contribution in [0, 0.1) is 13.8 Å². The van der Waals surface area contributed by atoms with E-state index in [1.165, 1.54) is 4.90 Å². The normalized spacial score (nSPS) is 10.3. The SMILES string of the molecule is Cc1ccc(N(CCC(=O)O)C(=O)c2cccc(C)c2)nc1. The molecule has 0 unspecified atom stereocenters. The molecule has 0 spiro atoms. The molecule has 0 saturated heterocycles. The third kappa shape index (κ3) is 3.91. The number of hydrogen-bond donors (Lipinski definition) is 1. The van der Waals surface area contributed by atoms with Crippen LogP contribution in [0.2, 0.25) is 0 Å². The Morgan fingerprint density at radius 1 is 1.14 bits per heavy atom. The lowest BCUT2D eigenvalue weighted by Crippen LogP contribution is -2.33. The molecule has 0 fully saturated rings. The Morgan fingerprint density at radius 2 is 1.91 bits per heavy atom. The summed E-state index contributed by atoms with van der Waals surface area (Å²) in [5.74, 6) is -0.742. The van der Waals surface area contributed by atoms with E-state index in [4.69, 9.17) is 5.11 Å². The van der Waals surface area contributed by atoms with E-state index in [-0.39, 0.29) is 18.9 Å². The summed E-state index contributed by atoms with van der Waals surface area (Å²) in [5.41, 5.74) is 2.47. The fourth-order valence-electron chi connectivity index (χ4n) is 2.08. The molecule has 22 heavy (non-hydrogen) atoms.